The maximum absolute atomic E-state index is 12.1. The predicted octanol–water partition coefficient (Wildman–Crippen LogP) is 2.68. The first-order chi connectivity index (χ1) is 9.22. The predicted molar refractivity (Wildman–Crippen MR) is 72.4 cm³/mol. The molecule has 1 aromatic heterocycles. The standard InChI is InChI=1S/C14H11ClN2O2/c15-10-4-5-11-9(7-10)8-12(19-11)14(18)17-13-3-1-2-6-16-13/h1-7,12H,8H2,(H,16,17,18)/t12-/m1/s1. The zero-order valence-corrected chi connectivity index (χ0v) is 10.7. The van der Waals surface area contributed by atoms with Gasteiger partial charge in [0.05, 0.1) is 0 Å². The van der Waals surface area contributed by atoms with Crippen LogP contribution < -0.4 is 10.1 Å². The van der Waals surface area contributed by atoms with E-state index in [9.17, 15) is 4.79 Å². The number of hydrogen-bond donors (Lipinski definition) is 1. The maximum Gasteiger partial charge on any atom is 0.266 e. The van der Waals surface area contributed by atoms with Crippen LogP contribution in [0.5, 0.6) is 5.75 Å². The summed E-state index contributed by atoms with van der Waals surface area (Å²) in [5.74, 6) is 1.03. The third-order valence-corrected chi connectivity index (χ3v) is 3.14. The van der Waals surface area contributed by atoms with Crippen LogP contribution in [0.25, 0.3) is 0 Å². The van der Waals surface area contributed by atoms with Crippen LogP contribution in [0.2, 0.25) is 5.02 Å². The molecule has 1 aromatic carbocycles. The SMILES string of the molecule is O=C(Nc1ccccn1)[C@H]1Cc2cc(Cl)ccc2O1. The lowest BCUT2D eigenvalue weighted by Crippen LogP contribution is -2.31. The van der Waals surface area contributed by atoms with Gasteiger partial charge >= 0.3 is 0 Å². The minimum atomic E-state index is -0.532. The molecule has 3 rings (SSSR count). The number of pyridine rings is 1. The van der Waals surface area contributed by atoms with Crippen LogP contribution in [0.3, 0.4) is 0 Å². The first-order valence-electron chi connectivity index (χ1n) is 5.89. The number of anilines is 1. The van der Waals surface area contributed by atoms with E-state index in [1.54, 1.807) is 30.5 Å². The zero-order chi connectivity index (χ0) is 13.2. The molecule has 0 bridgehead atoms. The smallest absolute Gasteiger partial charge is 0.266 e. The molecule has 2 aromatic rings. The van der Waals surface area contributed by atoms with Crippen molar-refractivity contribution < 1.29 is 9.53 Å². The molecule has 1 aliphatic rings. The summed E-state index contributed by atoms with van der Waals surface area (Å²) in [5.41, 5.74) is 0.952. The summed E-state index contributed by atoms with van der Waals surface area (Å²) in [7, 11) is 0. The highest BCUT2D eigenvalue weighted by molar-refractivity contribution is 6.30. The van der Waals surface area contributed by atoms with Crippen LogP contribution >= 0.6 is 11.6 Å². The van der Waals surface area contributed by atoms with Gasteiger partial charge in [-0.2, -0.15) is 0 Å². The quantitative estimate of drug-likeness (QED) is 0.916. The monoisotopic (exact) mass is 274 g/mol. The minimum absolute atomic E-state index is 0.203. The highest BCUT2D eigenvalue weighted by atomic mass is 35.5. The number of nitrogens with zero attached hydrogens (tertiary/aromatic N) is 1. The van der Waals surface area contributed by atoms with Crippen LogP contribution in [-0.4, -0.2) is 17.0 Å². The number of carbonyl (C=O) groups is 1. The largest absolute Gasteiger partial charge is 0.480 e. The average molecular weight is 275 g/mol. The lowest BCUT2D eigenvalue weighted by molar-refractivity contribution is -0.122. The Morgan fingerprint density at radius 2 is 2.26 bits per heavy atom. The number of aromatic nitrogens is 1. The van der Waals surface area contributed by atoms with Crippen molar-refractivity contribution in [3.8, 4) is 5.75 Å². The van der Waals surface area contributed by atoms with Crippen molar-refractivity contribution in [2.24, 2.45) is 0 Å². The molecule has 19 heavy (non-hydrogen) atoms. The number of amides is 1. The number of halogens is 1. The Hall–Kier alpha value is -2.07. The summed E-state index contributed by atoms with van der Waals surface area (Å²) in [5, 5.41) is 3.37. The minimum Gasteiger partial charge on any atom is -0.480 e. The molecule has 1 atom stereocenters. The van der Waals surface area contributed by atoms with Gasteiger partial charge in [-0.1, -0.05) is 17.7 Å². The van der Waals surface area contributed by atoms with Crippen molar-refractivity contribution in [2.75, 3.05) is 5.32 Å². The van der Waals surface area contributed by atoms with Crippen LogP contribution in [0.15, 0.2) is 42.6 Å². The second kappa shape index (κ2) is 4.90. The maximum atomic E-state index is 12.1. The molecule has 4 nitrogen and oxygen atoms in total. The number of hydrogen-bond acceptors (Lipinski definition) is 3. The van der Waals surface area contributed by atoms with Gasteiger partial charge in [0, 0.05) is 17.6 Å². The van der Waals surface area contributed by atoms with Gasteiger partial charge in [-0.15, -0.1) is 0 Å². The van der Waals surface area contributed by atoms with E-state index in [0.29, 0.717) is 23.0 Å². The molecule has 2 heterocycles. The normalized spacial score (nSPS) is 16.6. The first kappa shape index (κ1) is 12.0. The summed E-state index contributed by atoms with van der Waals surface area (Å²) in [6.07, 6.45) is 1.62. The summed E-state index contributed by atoms with van der Waals surface area (Å²) in [6.45, 7) is 0. The van der Waals surface area contributed by atoms with Crippen LogP contribution in [-0.2, 0) is 11.2 Å². The Balaban J connectivity index is 1.71. The zero-order valence-electron chi connectivity index (χ0n) is 9.97. The summed E-state index contributed by atoms with van der Waals surface area (Å²) >= 11 is 5.91. The molecule has 0 aliphatic carbocycles. The highest BCUT2D eigenvalue weighted by Gasteiger charge is 2.29. The molecule has 5 heteroatoms. The Labute approximate surface area is 115 Å². The number of fused-ring (bicyclic) bond motifs is 1. The lowest BCUT2D eigenvalue weighted by atomic mass is 10.1. The van der Waals surface area contributed by atoms with E-state index in [1.807, 2.05) is 12.1 Å². The molecule has 0 fully saturated rings. The number of carbonyl (C=O) groups excluding carboxylic acids is 1. The Bertz CT molecular complexity index is 616. The van der Waals surface area contributed by atoms with Crippen molar-refractivity contribution in [2.45, 2.75) is 12.5 Å². The summed E-state index contributed by atoms with van der Waals surface area (Å²) < 4.78 is 5.60. The van der Waals surface area contributed by atoms with Gasteiger partial charge in [-0.3, -0.25) is 4.79 Å². The van der Waals surface area contributed by atoms with Gasteiger partial charge in [-0.05, 0) is 35.9 Å². The van der Waals surface area contributed by atoms with Crippen molar-refractivity contribution in [1.29, 1.82) is 0 Å². The summed E-state index contributed by atoms with van der Waals surface area (Å²) in [4.78, 5) is 16.1. The first-order valence-corrected chi connectivity index (χ1v) is 6.27. The van der Waals surface area contributed by atoms with E-state index < -0.39 is 6.10 Å². The molecule has 0 saturated heterocycles. The highest BCUT2D eigenvalue weighted by Crippen LogP contribution is 2.31. The van der Waals surface area contributed by atoms with Crippen LogP contribution in [0.4, 0.5) is 5.82 Å². The Morgan fingerprint density at radius 1 is 1.37 bits per heavy atom. The van der Waals surface area contributed by atoms with E-state index in [-0.39, 0.29) is 5.91 Å². The molecule has 1 amide bonds. The fourth-order valence-electron chi connectivity index (χ4n) is 2.01. The molecule has 0 unspecified atom stereocenters. The molecule has 96 valence electrons. The molecule has 0 spiro atoms. The van der Waals surface area contributed by atoms with E-state index in [2.05, 4.69) is 10.3 Å². The molecular formula is C14H11ClN2O2. The van der Waals surface area contributed by atoms with Crippen molar-refractivity contribution in [1.82, 2.24) is 4.98 Å². The van der Waals surface area contributed by atoms with Gasteiger partial charge in [0.15, 0.2) is 6.10 Å². The molecule has 0 radical (unpaired) electrons. The number of benzene rings is 1. The van der Waals surface area contributed by atoms with E-state index in [1.165, 1.54) is 0 Å². The van der Waals surface area contributed by atoms with E-state index in [4.69, 9.17) is 16.3 Å². The number of ether oxygens (including phenoxy) is 1. The van der Waals surface area contributed by atoms with Crippen LogP contribution in [0.1, 0.15) is 5.56 Å². The Morgan fingerprint density at radius 3 is 3.05 bits per heavy atom. The molecule has 0 saturated carbocycles. The lowest BCUT2D eigenvalue weighted by Gasteiger charge is -2.10. The van der Waals surface area contributed by atoms with Gasteiger partial charge in [0.2, 0.25) is 0 Å². The number of nitrogens with one attached hydrogen (secondary N) is 1. The summed E-state index contributed by atoms with van der Waals surface area (Å²) in [6, 6.07) is 10.7. The molecule has 1 aliphatic heterocycles. The topological polar surface area (TPSA) is 51.2 Å². The van der Waals surface area contributed by atoms with Gasteiger partial charge in [0.1, 0.15) is 11.6 Å². The van der Waals surface area contributed by atoms with Gasteiger partial charge in [-0.25, -0.2) is 4.98 Å². The second-order valence-corrected chi connectivity index (χ2v) is 4.70. The van der Waals surface area contributed by atoms with E-state index >= 15 is 0 Å². The third kappa shape index (κ3) is 2.53. The van der Waals surface area contributed by atoms with E-state index in [0.717, 1.165) is 5.56 Å². The van der Waals surface area contributed by atoms with Gasteiger partial charge < -0.3 is 10.1 Å². The Kier molecular flexibility index (Phi) is 3.09. The second-order valence-electron chi connectivity index (χ2n) is 4.27. The fraction of sp³-hybridized carbons (Fsp3) is 0.143. The van der Waals surface area contributed by atoms with Crippen molar-refractivity contribution in [3.05, 3.63) is 53.2 Å². The average Bonchev–Trinajstić information content (AvgIpc) is 2.83. The van der Waals surface area contributed by atoms with Crippen molar-refractivity contribution >= 4 is 23.3 Å². The molecule has 1 N–H and O–H groups in total. The van der Waals surface area contributed by atoms with Crippen molar-refractivity contribution in [3.63, 3.8) is 0 Å². The third-order valence-electron chi connectivity index (χ3n) is 2.91. The van der Waals surface area contributed by atoms with Crippen LogP contribution in [0, 0.1) is 0 Å². The fourth-order valence-corrected chi connectivity index (χ4v) is 2.20. The molecular weight excluding hydrogens is 264 g/mol. The number of rotatable bonds is 2. The van der Waals surface area contributed by atoms with Gasteiger partial charge in [0.25, 0.3) is 5.91 Å².